The lowest BCUT2D eigenvalue weighted by atomic mass is 10.1. The number of rotatable bonds is 5. The van der Waals surface area contributed by atoms with Crippen LogP contribution >= 0.6 is 0 Å². The molecule has 0 fully saturated rings. The van der Waals surface area contributed by atoms with E-state index in [0.717, 1.165) is 11.1 Å². The number of benzene rings is 1. The number of aromatic nitrogens is 2. The Bertz CT molecular complexity index is 926. The molecule has 0 aliphatic heterocycles. The first kappa shape index (κ1) is 17.3. The molecule has 1 aromatic carbocycles. The van der Waals surface area contributed by atoms with Crippen LogP contribution in [-0.4, -0.2) is 21.8 Å². The van der Waals surface area contributed by atoms with Crippen molar-refractivity contribution in [2.45, 2.75) is 13.5 Å². The van der Waals surface area contributed by atoms with Gasteiger partial charge in [-0.05, 0) is 48.4 Å². The molecule has 3 rings (SSSR count). The number of anilines is 1. The van der Waals surface area contributed by atoms with Crippen molar-refractivity contribution in [3.05, 3.63) is 89.5 Å². The molecule has 0 bridgehead atoms. The summed E-state index contributed by atoms with van der Waals surface area (Å²) in [7, 11) is 0. The number of para-hydroxylation sites is 1. The van der Waals surface area contributed by atoms with Gasteiger partial charge >= 0.3 is 0 Å². The molecule has 6 nitrogen and oxygen atoms in total. The van der Waals surface area contributed by atoms with Crippen LogP contribution in [0.1, 0.15) is 32.0 Å². The smallest absolute Gasteiger partial charge is 0.274 e. The maximum Gasteiger partial charge on any atom is 0.274 e. The Morgan fingerprint density at radius 3 is 2.50 bits per heavy atom. The van der Waals surface area contributed by atoms with E-state index < -0.39 is 0 Å². The van der Waals surface area contributed by atoms with Gasteiger partial charge in [-0.25, -0.2) is 0 Å². The normalized spacial score (nSPS) is 10.2. The van der Waals surface area contributed by atoms with Crippen LogP contribution in [0.5, 0.6) is 0 Å². The lowest BCUT2D eigenvalue weighted by molar-refractivity contribution is 0.0950. The van der Waals surface area contributed by atoms with Gasteiger partial charge in [0.15, 0.2) is 0 Å². The first-order valence-corrected chi connectivity index (χ1v) is 8.13. The van der Waals surface area contributed by atoms with Crippen LogP contribution in [0.3, 0.4) is 0 Å². The molecule has 2 heterocycles. The van der Waals surface area contributed by atoms with Crippen molar-refractivity contribution in [1.29, 1.82) is 0 Å². The molecule has 0 atom stereocenters. The van der Waals surface area contributed by atoms with Crippen molar-refractivity contribution in [1.82, 2.24) is 15.3 Å². The molecule has 3 aromatic rings. The Hall–Kier alpha value is -3.54. The fourth-order valence-corrected chi connectivity index (χ4v) is 2.38. The molecule has 0 aliphatic carbocycles. The number of hydrogen-bond acceptors (Lipinski definition) is 4. The predicted molar refractivity (Wildman–Crippen MR) is 98.8 cm³/mol. The largest absolute Gasteiger partial charge is 0.348 e. The number of amides is 2. The second-order valence-electron chi connectivity index (χ2n) is 5.74. The van der Waals surface area contributed by atoms with E-state index in [-0.39, 0.29) is 17.5 Å². The highest BCUT2D eigenvalue weighted by Gasteiger charge is 2.12. The molecule has 6 heteroatoms. The second-order valence-corrected chi connectivity index (χ2v) is 5.74. The van der Waals surface area contributed by atoms with E-state index in [1.165, 1.54) is 12.3 Å². The van der Waals surface area contributed by atoms with Gasteiger partial charge in [0.2, 0.25) is 0 Å². The van der Waals surface area contributed by atoms with Crippen molar-refractivity contribution in [3.8, 4) is 0 Å². The van der Waals surface area contributed by atoms with Gasteiger partial charge in [0.05, 0.1) is 0 Å². The summed E-state index contributed by atoms with van der Waals surface area (Å²) in [5.41, 5.74) is 3.17. The van der Waals surface area contributed by atoms with Crippen LogP contribution in [-0.2, 0) is 6.54 Å². The highest BCUT2D eigenvalue weighted by atomic mass is 16.2. The van der Waals surface area contributed by atoms with Crippen LogP contribution in [0.4, 0.5) is 5.69 Å². The van der Waals surface area contributed by atoms with Crippen LogP contribution in [0.25, 0.3) is 0 Å². The van der Waals surface area contributed by atoms with E-state index in [1.807, 2.05) is 43.3 Å². The fraction of sp³-hybridized carbons (Fsp3) is 0.100. The first-order chi connectivity index (χ1) is 12.6. The number of hydrogen-bond donors (Lipinski definition) is 2. The summed E-state index contributed by atoms with van der Waals surface area (Å²) in [6.45, 7) is 2.29. The van der Waals surface area contributed by atoms with Crippen molar-refractivity contribution in [3.63, 3.8) is 0 Å². The van der Waals surface area contributed by atoms with Crippen LogP contribution < -0.4 is 10.6 Å². The van der Waals surface area contributed by atoms with Crippen molar-refractivity contribution < 1.29 is 9.59 Å². The molecule has 26 heavy (non-hydrogen) atoms. The highest BCUT2D eigenvalue weighted by molar-refractivity contribution is 6.05. The van der Waals surface area contributed by atoms with E-state index in [0.29, 0.717) is 17.8 Å². The summed E-state index contributed by atoms with van der Waals surface area (Å²) in [5.74, 6) is -0.628. The quantitative estimate of drug-likeness (QED) is 0.744. The number of pyridine rings is 2. The Morgan fingerprint density at radius 2 is 1.73 bits per heavy atom. The van der Waals surface area contributed by atoms with Crippen LogP contribution in [0.15, 0.2) is 67.1 Å². The standard InChI is InChI=1S/C20H18N4O2/c1-14-4-2-3-5-17(14)24-20(26)18-12-16(8-11-22-18)19(25)23-13-15-6-9-21-10-7-15/h2-12H,13H2,1H3,(H,23,25)(H,24,26). The van der Waals surface area contributed by atoms with Gasteiger partial charge in [0.25, 0.3) is 11.8 Å². The second kappa shape index (κ2) is 8.02. The van der Waals surface area contributed by atoms with Gasteiger partial charge in [0.1, 0.15) is 5.69 Å². The predicted octanol–water partition coefficient (Wildman–Crippen LogP) is 2.97. The Morgan fingerprint density at radius 1 is 0.962 bits per heavy atom. The minimum absolute atomic E-state index is 0.185. The lowest BCUT2D eigenvalue weighted by Gasteiger charge is -2.09. The summed E-state index contributed by atoms with van der Waals surface area (Å²) in [6, 6.07) is 14.2. The summed E-state index contributed by atoms with van der Waals surface area (Å²) >= 11 is 0. The van der Waals surface area contributed by atoms with Gasteiger partial charge in [-0.1, -0.05) is 18.2 Å². The van der Waals surface area contributed by atoms with Crippen molar-refractivity contribution in [2.75, 3.05) is 5.32 Å². The van der Waals surface area contributed by atoms with E-state index in [1.54, 1.807) is 18.5 Å². The number of nitrogens with zero attached hydrogens (tertiary/aromatic N) is 2. The highest BCUT2D eigenvalue weighted by Crippen LogP contribution is 2.14. The molecule has 2 aromatic heterocycles. The summed E-state index contributed by atoms with van der Waals surface area (Å²) in [5, 5.41) is 5.62. The number of aryl methyl sites for hydroxylation is 1. The Balaban J connectivity index is 1.68. The SMILES string of the molecule is Cc1ccccc1NC(=O)c1cc(C(=O)NCc2ccncc2)ccn1. The molecule has 0 saturated heterocycles. The van der Waals surface area contributed by atoms with Gasteiger partial charge in [0, 0.05) is 36.4 Å². The van der Waals surface area contributed by atoms with Gasteiger partial charge in [-0.2, -0.15) is 0 Å². The third-order valence-electron chi connectivity index (χ3n) is 3.85. The molecule has 0 saturated carbocycles. The number of carbonyl (C=O) groups excluding carboxylic acids is 2. The zero-order valence-electron chi connectivity index (χ0n) is 14.3. The molecule has 130 valence electrons. The molecule has 0 aliphatic rings. The van der Waals surface area contributed by atoms with Crippen LogP contribution in [0.2, 0.25) is 0 Å². The zero-order valence-corrected chi connectivity index (χ0v) is 14.3. The summed E-state index contributed by atoms with van der Waals surface area (Å²) < 4.78 is 0. The molecular formula is C20H18N4O2. The Kier molecular flexibility index (Phi) is 5.34. The van der Waals surface area contributed by atoms with Crippen LogP contribution in [0, 0.1) is 6.92 Å². The van der Waals surface area contributed by atoms with Crippen molar-refractivity contribution in [2.24, 2.45) is 0 Å². The molecule has 2 amide bonds. The molecule has 0 spiro atoms. The minimum Gasteiger partial charge on any atom is -0.348 e. The van der Waals surface area contributed by atoms with E-state index in [4.69, 9.17) is 0 Å². The number of nitrogens with one attached hydrogen (secondary N) is 2. The van der Waals surface area contributed by atoms with Crippen molar-refractivity contribution >= 4 is 17.5 Å². The van der Waals surface area contributed by atoms with Gasteiger partial charge in [-0.3, -0.25) is 19.6 Å². The van der Waals surface area contributed by atoms with Gasteiger partial charge < -0.3 is 10.6 Å². The van der Waals surface area contributed by atoms with Gasteiger partial charge in [-0.15, -0.1) is 0 Å². The third kappa shape index (κ3) is 4.30. The summed E-state index contributed by atoms with van der Waals surface area (Å²) in [4.78, 5) is 32.7. The molecule has 0 radical (unpaired) electrons. The molecule has 0 unspecified atom stereocenters. The molecular weight excluding hydrogens is 328 g/mol. The number of carbonyl (C=O) groups is 2. The first-order valence-electron chi connectivity index (χ1n) is 8.13. The summed E-state index contributed by atoms with van der Waals surface area (Å²) in [6.07, 6.45) is 4.79. The monoisotopic (exact) mass is 346 g/mol. The third-order valence-corrected chi connectivity index (χ3v) is 3.85. The maximum atomic E-state index is 12.4. The van der Waals surface area contributed by atoms with E-state index >= 15 is 0 Å². The minimum atomic E-state index is -0.358. The lowest BCUT2D eigenvalue weighted by Crippen LogP contribution is -2.23. The Labute approximate surface area is 151 Å². The molecule has 2 N–H and O–H groups in total. The fourth-order valence-electron chi connectivity index (χ4n) is 2.38. The van der Waals surface area contributed by atoms with E-state index in [9.17, 15) is 9.59 Å². The maximum absolute atomic E-state index is 12.4. The average Bonchev–Trinajstić information content (AvgIpc) is 2.69. The zero-order chi connectivity index (χ0) is 18.4. The van der Waals surface area contributed by atoms with E-state index in [2.05, 4.69) is 20.6 Å². The topological polar surface area (TPSA) is 84.0 Å². The average molecular weight is 346 g/mol.